The van der Waals surface area contributed by atoms with Crippen LogP contribution in [0.5, 0.6) is 0 Å². The van der Waals surface area contributed by atoms with E-state index < -0.39 is 17.6 Å². The molecule has 6 heteroatoms. The standard InChI is InChI=1S/C22H22N2O4/c1-14(16-8-4-3-5-9-16)13-23-21(26)15(2)28-22(27)18-12-20(25)24-19-11-7-6-10-17(18)19/h3-12,14-15H,13H2,1-2H3,(H,23,26)(H,24,25)/t14-,15+/m1/s1. The Balaban J connectivity index is 1.64. The number of H-pyrrole nitrogens is 1. The molecule has 0 unspecified atom stereocenters. The van der Waals surface area contributed by atoms with Crippen molar-refractivity contribution in [1.82, 2.24) is 10.3 Å². The van der Waals surface area contributed by atoms with Gasteiger partial charge in [0.1, 0.15) is 0 Å². The number of hydrogen-bond donors (Lipinski definition) is 2. The van der Waals surface area contributed by atoms with Gasteiger partial charge in [-0.3, -0.25) is 9.59 Å². The lowest BCUT2D eigenvalue weighted by molar-refractivity contribution is -0.129. The van der Waals surface area contributed by atoms with Gasteiger partial charge < -0.3 is 15.0 Å². The molecule has 0 saturated carbocycles. The molecule has 0 saturated heterocycles. The van der Waals surface area contributed by atoms with E-state index >= 15 is 0 Å². The summed E-state index contributed by atoms with van der Waals surface area (Å²) in [5, 5.41) is 3.37. The monoisotopic (exact) mass is 378 g/mol. The average molecular weight is 378 g/mol. The summed E-state index contributed by atoms with van der Waals surface area (Å²) >= 11 is 0. The molecule has 3 rings (SSSR count). The number of hydrogen-bond acceptors (Lipinski definition) is 4. The Morgan fingerprint density at radius 3 is 2.46 bits per heavy atom. The predicted molar refractivity (Wildman–Crippen MR) is 107 cm³/mol. The van der Waals surface area contributed by atoms with Crippen LogP contribution in [0, 0.1) is 0 Å². The van der Waals surface area contributed by atoms with Crippen molar-refractivity contribution in [2.75, 3.05) is 6.54 Å². The van der Waals surface area contributed by atoms with Crippen molar-refractivity contribution in [3.8, 4) is 0 Å². The molecule has 0 aliphatic rings. The van der Waals surface area contributed by atoms with Crippen molar-refractivity contribution < 1.29 is 14.3 Å². The van der Waals surface area contributed by atoms with Gasteiger partial charge in [-0.25, -0.2) is 4.79 Å². The number of pyridine rings is 1. The first-order chi connectivity index (χ1) is 13.5. The Labute approximate surface area is 162 Å². The lowest BCUT2D eigenvalue weighted by atomic mass is 10.0. The molecule has 0 aliphatic heterocycles. The lowest BCUT2D eigenvalue weighted by Crippen LogP contribution is -2.37. The number of carbonyl (C=O) groups is 2. The molecular weight excluding hydrogens is 356 g/mol. The molecule has 2 aromatic carbocycles. The number of benzene rings is 2. The molecule has 1 heterocycles. The minimum atomic E-state index is -0.978. The molecule has 1 aromatic heterocycles. The molecule has 0 fully saturated rings. The van der Waals surface area contributed by atoms with E-state index in [4.69, 9.17) is 4.74 Å². The number of esters is 1. The van der Waals surface area contributed by atoms with Crippen molar-refractivity contribution in [2.45, 2.75) is 25.9 Å². The maximum atomic E-state index is 12.5. The van der Waals surface area contributed by atoms with Crippen molar-refractivity contribution in [2.24, 2.45) is 0 Å². The van der Waals surface area contributed by atoms with E-state index in [1.807, 2.05) is 37.3 Å². The van der Waals surface area contributed by atoms with Gasteiger partial charge in [0, 0.05) is 23.5 Å². The van der Waals surface area contributed by atoms with Crippen LogP contribution in [-0.2, 0) is 9.53 Å². The Morgan fingerprint density at radius 1 is 1.04 bits per heavy atom. The van der Waals surface area contributed by atoms with Crippen LogP contribution in [0.1, 0.15) is 35.7 Å². The van der Waals surface area contributed by atoms with Gasteiger partial charge in [-0.1, -0.05) is 55.5 Å². The number of aromatic nitrogens is 1. The highest BCUT2D eigenvalue weighted by Gasteiger charge is 2.21. The Bertz CT molecular complexity index is 1040. The van der Waals surface area contributed by atoms with Crippen molar-refractivity contribution >= 4 is 22.8 Å². The van der Waals surface area contributed by atoms with Gasteiger partial charge in [-0.05, 0) is 24.5 Å². The van der Waals surface area contributed by atoms with E-state index in [9.17, 15) is 14.4 Å². The third-order valence-electron chi connectivity index (χ3n) is 4.57. The summed E-state index contributed by atoms with van der Waals surface area (Å²) in [7, 11) is 0. The molecule has 0 bridgehead atoms. The fourth-order valence-corrected chi connectivity index (χ4v) is 2.95. The summed E-state index contributed by atoms with van der Waals surface area (Å²) in [6.45, 7) is 3.95. The molecule has 6 nitrogen and oxygen atoms in total. The lowest BCUT2D eigenvalue weighted by Gasteiger charge is -2.17. The number of amides is 1. The fourth-order valence-electron chi connectivity index (χ4n) is 2.95. The fraction of sp³-hybridized carbons (Fsp3) is 0.227. The van der Waals surface area contributed by atoms with Crippen molar-refractivity contribution in [3.05, 3.63) is 82.1 Å². The molecule has 0 aliphatic carbocycles. The number of fused-ring (bicyclic) bond motifs is 1. The number of aromatic amines is 1. The van der Waals surface area contributed by atoms with Gasteiger partial charge in [0.25, 0.3) is 5.91 Å². The highest BCUT2D eigenvalue weighted by molar-refractivity contribution is 6.03. The first kappa shape index (κ1) is 19.4. The maximum absolute atomic E-state index is 12.5. The highest BCUT2D eigenvalue weighted by Crippen LogP contribution is 2.16. The van der Waals surface area contributed by atoms with Gasteiger partial charge in [0.15, 0.2) is 6.10 Å². The molecule has 3 aromatic rings. The Hall–Kier alpha value is -3.41. The molecule has 2 atom stereocenters. The van der Waals surface area contributed by atoms with E-state index in [-0.39, 0.29) is 17.4 Å². The number of nitrogens with one attached hydrogen (secondary N) is 2. The van der Waals surface area contributed by atoms with Crippen LogP contribution < -0.4 is 10.9 Å². The van der Waals surface area contributed by atoms with Crippen LogP contribution >= 0.6 is 0 Å². The van der Waals surface area contributed by atoms with Crippen LogP contribution in [0.15, 0.2) is 65.5 Å². The zero-order valence-corrected chi connectivity index (χ0v) is 15.8. The van der Waals surface area contributed by atoms with Gasteiger partial charge in [0.05, 0.1) is 5.56 Å². The molecule has 0 spiro atoms. The van der Waals surface area contributed by atoms with Crippen LogP contribution in [0.2, 0.25) is 0 Å². The summed E-state index contributed by atoms with van der Waals surface area (Å²) in [5.41, 5.74) is 1.38. The van der Waals surface area contributed by atoms with Gasteiger partial charge in [-0.2, -0.15) is 0 Å². The topological polar surface area (TPSA) is 88.3 Å². The summed E-state index contributed by atoms with van der Waals surface area (Å²) in [4.78, 5) is 39.3. The van der Waals surface area contributed by atoms with Gasteiger partial charge in [-0.15, -0.1) is 0 Å². The minimum Gasteiger partial charge on any atom is -0.449 e. The summed E-state index contributed by atoms with van der Waals surface area (Å²) in [6.07, 6.45) is -0.978. The number of ether oxygens (including phenoxy) is 1. The Kier molecular flexibility index (Phi) is 5.89. The van der Waals surface area contributed by atoms with E-state index in [1.165, 1.54) is 13.0 Å². The van der Waals surface area contributed by atoms with Crippen LogP contribution in [0.25, 0.3) is 10.9 Å². The molecule has 144 valence electrons. The largest absolute Gasteiger partial charge is 0.449 e. The van der Waals surface area contributed by atoms with Crippen LogP contribution in [-0.4, -0.2) is 29.5 Å². The summed E-state index contributed by atoms with van der Waals surface area (Å²) in [6, 6.07) is 18.0. The minimum absolute atomic E-state index is 0.129. The maximum Gasteiger partial charge on any atom is 0.339 e. The van der Waals surface area contributed by atoms with Crippen molar-refractivity contribution in [3.63, 3.8) is 0 Å². The van der Waals surface area contributed by atoms with E-state index in [2.05, 4.69) is 10.3 Å². The van der Waals surface area contributed by atoms with Crippen LogP contribution in [0.4, 0.5) is 0 Å². The highest BCUT2D eigenvalue weighted by atomic mass is 16.5. The average Bonchev–Trinajstić information content (AvgIpc) is 2.71. The summed E-state index contributed by atoms with van der Waals surface area (Å²) < 4.78 is 5.30. The zero-order valence-electron chi connectivity index (χ0n) is 15.8. The quantitative estimate of drug-likeness (QED) is 0.646. The third kappa shape index (κ3) is 4.46. The number of rotatable bonds is 6. The normalized spacial score (nSPS) is 12.9. The molecule has 2 N–H and O–H groups in total. The molecule has 0 radical (unpaired) electrons. The number of carbonyl (C=O) groups excluding carboxylic acids is 2. The van der Waals surface area contributed by atoms with E-state index in [1.54, 1.807) is 24.3 Å². The van der Waals surface area contributed by atoms with E-state index in [0.29, 0.717) is 17.4 Å². The predicted octanol–water partition coefficient (Wildman–Crippen LogP) is 2.99. The Morgan fingerprint density at radius 2 is 1.71 bits per heavy atom. The second-order valence-electron chi connectivity index (χ2n) is 6.70. The molecule has 1 amide bonds. The smallest absolute Gasteiger partial charge is 0.339 e. The van der Waals surface area contributed by atoms with Gasteiger partial charge >= 0.3 is 5.97 Å². The molecule has 28 heavy (non-hydrogen) atoms. The molecular formula is C22H22N2O4. The second-order valence-corrected chi connectivity index (χ2v) is 6.70. The SMILES string of the molecule is C[C@H](OC(=O)c1cc(=O)[nH]c2ccccc12)C(=O)NC[C@@H](C)c1ccccc1. The zero-order chi connectivity index (χ0) is 20.1. The van der Waals surface area contributed by atoms with Crippen LogP contribution in [0.3, 0.4) is 0 Å². The third-order valence-corrected chi connectivity index (χ3v) is 4.57. The van der Waals surface area contributed by atoms with Crippen molar-refractivity contribution in [1.29, 1.82) is 0 Å². The first-order valence-electron chi connectivity index (χ1n) is 9.11. The number of para-hydroxylation sites is 1. The van der Waals surface area contributed by atoms with Gasteiger partial charge in [0.2, 0.25) is 5.56 Å². The summed E-state index contributed by atoms with van der Waals surface area (Å²) in [5.74, 6) is -0.962. The van der Waals surface area contributed by atoms with E-state index in [0.717, 1.165) is 5.56 Å². The second kappa shape index (κ2) is 8.52. The first-order valence-corrected chi connectivity index (χ1v) is 9.11.